The molecule has 0 fully saturated rings. The average Bonchev–Trinajstić information content (AvgIpc) is 1.84. The van der Waals surface area contributed by atoms with Gasteiger partial charge in [-0.05, 0) is 44.0 Å². The van der Waals surface area contributed by atoms with Gasteiger partial charge in [0.15, 0.2) is 0 Å². The lowest BCUT2D eigenvalue weighted by molar-refractivity contribution is 0.621. The minimum atomic E-state index is -0.347. The van der Waals surface area contributed by atoms with Crippen LogP contribution in [0, 0.1) is 5.82 Å². The van der Waals surface area contributed by atoms with Gasteiger partial charge in [-0.1, -0.05) is 0 Å². The van der Waals surface area contributed by atoms with Crippen LogP contribution in [-0.2, 0) is 0 Å². The van der Waals surface area contributed by atoms with Gasteiger partial charge in [-0.15, -0.1) is 0 Å². The van der Waals surface area contributed by atoms with Gasteiger partial charge in [-0.3, -0.25) is 0 Å². The summed E-state index contributed by atoms with van der Waals surface area (Å²) in [6.45, 7) is 0. The van der Waals surface area contributed by atoms with Crippen molar-refractivity contribution in [1.82, 2.24) is 0 Å². The Bertz CT molecular complexity index is 212. The van der Waals surface area contributed by atoms with Gasteiger partial charge in [0.1, 0.15) is 5.82 Å². The Morgan fingerprint density at radius 2 is 1.80 bits per heavy atom. The minimum Gasteiger partial charge on any atom is -0.398 e. The first-order chi connectivity index (χ1) is 4.61. The number of nitrogen functional groups attached to an aromatic ring is 1. The van der Waals surface area contributed by atoms with Crippen LogP contribution in [0.3, 0.4) is 0 Å². The fraction of sp³-hybridized carbons (Fsp3) is 0. The van der Waals surface area contributed by atoms with Crippen molar-refractivity contribution in [1.29, 1.82) is 0 Å². The third kappa shape index (κ3) is 1.49. The van der Waals surface area contributed by atoms with Crippen molar-refractivity contribution in [3.63, 3.8) is 0 Å². The second-order valence-electron chi connectivity index (χ2n) is 1.79. The molecule has 10 heavy (non-hydrogen) atoms. The molecule has 1 aromatic rings. The van der Waals surface area contributed by atoms with E-state index in [2.05, 4.69) is 31.9 Å². The highest BCUT2D eigenvalue weighted by atomic mass is 79.9. The average molecular weight is 269 g/mol. The van der Waals surface area contributed by atoms with Crippen LogP contribution in [-0.4, -0.2) is 0 Å². The quantitative estimate of drug-likeness (QED) is 0.568. The predicted molar refractivity (Wildman–Crippen MR) is 46.2 cm³/mol. The second kappa shape index (κ2) is 2.88. The monoisotopic (exact) mass is 267 g/mol. The molecule has 0 spiro atoms. The minimum absolute atomic E-state index is 0.347. The Labute approximate surface area is 74.7 Å². The van der Waals surface area contributed by atoms with Gasteiger partial charge in [0.2, 0.25) is 0 Å². The van der Waals surface area contributed by atoms with Crippen LogP contribution in [0.5, 0.6) is 0 Å². The first kappa shape index (κ1) is 8.01. The molecule has 0 radical (unpaired) electrons. The topological polar surface area (TPSA) is 26.0 Å². The highest BCUT2D eigenvalue weighted by Crippen LogP contribution is 2.26. The first-order valence-electron chi connectivity index (χ1n) is 2.51. The zero-order valence-electron chi connectivity index (χ0n) is 4.87. The van der Waals surface area contributed by atoms with E-state index in [4.69, 9.17) is 5.73 Å². The number of hydrogen-bond acceptors (Lipinski definition) is 1. The van der Waals surface area contributed by atoms with Crippen LogP contribution in [0.25, 0.3) is 0 Å². The molecule has 0 atom stereocenters. The summed E-state index contributed by atoms with van der Waals surface area (Å²) in [4.78, 5) is 0. The molecule has 0 heterocycles. The van der Waals surface area contributed by atoms with Gasteiger partial charge >= 0.3 is 0 Å². The van der Waals surface area contributed by atoms with E-state index in [9.17, 15) is 4.39 Å². The summed E-state index contributed by atoms with van der Waals surface area (Å²) in [6, 6.07) is 2.83. The summed E-state index contributed by atoms with van der Waals surface area (Å²) in [5, 5.41) is 0. The SMILES string of the molecule is Nc1cc(F)c(Br)cc1Br. The number of benzene rings is 1. The van der Waals surface area contributed by atoms with Crippen molar-refractivity contribution in [2.75, 3.05) is 5.73 Å². The fourth-order valence-electron chi connectivity index (χ4n) is 0.538. The summed E-state index contributed by atoms with van der Waals surface area (Å²) in [7, 11) is 0. The zero-order valence-corrected chi connectivity index (χ0v) is 8.04. The summed E-state index contributed by atoms with van der Waals surface area (Å²) in [5.74, 6) is -0.347. The molecule has 0 saturated carbocycles. The van der Waals surface area contributed by atoms with E-state index in [1.807, 2.05) is 0 Å². The Balaban J connectivity index is 3.28. The fourth-order valence-corrected chi connectivity index (χ4v) is 1.53. The normalized spacial score (nSPS) is 9.90. The van der Waals surface area contributed by atoms with Crippen LogP contribution in [0.15, 0.2) is 21.1 Å². The molecule has 0 aliphatic heterocycles. The highest BCUT2D eigenvalue weighted by molar-refractivity contribution is 9.11. The Morgan fingerprint density at radius 1 is 1.20 bits per heavy atom. The number of anilines is 1. The largest absolute Gasteiger partial charge is 0.398 e. The lowest BCUT2D eigenvalue weighted by atomic mass is 10.3. The van der Waals surface area contributed by atoms with Crippen LogP contribution >= 0.6 is 31.9 Å². The van der Waals surface area contributed by atoms with Crippen LogP contribution < -0.4 is 5.73 Å². The molecule has 54 valence electrons. The maximum absolute atomic E-state index is 12.6. The van der Waals surface area contributed by atoms with Gasteiger partial charge in [0.25, 0.3) is 0 Å². The van der Waals surface area contributed by atoms with Crippen LogP contribution in [0.4, 0.5) is 10.1 Å². The molecule has 1 nitrogen and oxygen atoms in total. The van der Waals surface area contributed by atoms with Gasteiger partial charge in [0, 0.05) is 10.2 Å². The van der Waals surface area contributed by atoms with Crippen molar-refractivity contribution in [3.8, 4) is 0 Å². The van der Waals surface area contributed by atoms with E-state index in [1.165, 1.54) is 6.07 Å². The van der Waals surface area contributed by atoms with E-state index in [0.29, 0.717) is 14.6 Å². The van der Waals surface area contributed by atoms with Crippen LogP contribution in [0.2, 0.25) is 0 Å². The highest BCUT2D eigenvalue weighted by Gasteiger charge is 2.01. The lowest BCUT2D eigenvalue weighted by Crippen LogP contribution is -1.88. The van der Waals surface area contributed by atoms with Gasteiger partial charge in [-0.2, -0.15) is 0 Å². The molecule has 1 aromatic carbocycles. The Hall–Kier alpha value is -0.0900. The zero-order chi connectivity index (χ0) is 7.72. The number of halogens is 3. The molecule has 0 aromatic heterocycles. The molecule has 2 N–H and O–H groups in total. The predicted octanol–water partition coefficient (Wildman–Crippen LogP) is 2.93. The van der Waals surface area contributed by atoms with E-state index in [-0.39, 0.29) is 5.82 Å². The van der Waals surface area contributed by atoms with E-state index in [0.717, 1.165) is 0 Å². The Kier molecular flexibility index (Phi) is 2.31. The van der Waals surface area contributed by atoms with E-state index >= 15 is 0 Å². The van der Waals surface area contributed by atoms with Crippen molar-refractivity contribution >= 4 is 37.5 Å². The summed E-state index contributed by atoms with van der Waals surface area (Å²) in [6.07, 6.45) is 0. The van der Waals surface area contributed by atoms with Crippen molar-refractivity contribution < 1.29 is 4.39 Å². The maximum Gasteiger partial charge on any atom is 0.139 e. The maximum atomic E-state index is 12.6. The first-order valence-corrected chi connectivity index (χ1v) is 4.10. The third-order valence-electron chi connectivity index (χ3n) is 1.04. The molecule has 0 aliphatic rings. The molecule has 0 amide bonds. The third-order valence-corrected chi connectivity index (χ3v) is 2.33. The smallest absolute Gasteiger partial charge is 0.139 e. The van der Waals surface area contributed by atoms with Crippen LogP contribution in [0.1, 0.15) is 0 Å². The van der Waals surface area contributed by atoms with Crippen molar-refractivity contribution in [2.45, 2.75) is 0 Å². The molecule has 0 aliphatic carbocycles. The van der Waals surface area contributed by atoms with Gasteiger partial charge in [0.05, 0.1) is 4.47 Å². The van der Waals surface area contributed by atoms with Gasteiger partial charge in [-0.25, -0.2) is 4.39 Å². The molecule has 4 heteroatoms. The van der Waals surface area contributed by atoms with Crippen molar-refractivity contribution in [2.24, 2.45) is 0 Å². The summed E-state index contributed by atoms with van der Waals surface area (Å²) < 4.78 is 13.7. The van der Waals surface area contributed by atoms with Crippen molar-refractivity contribution in [3.05, 3.63) is 26.9 Å². The number of rotatable bonds is 0. The summed E-state index contributed by atoms with van der Waals surface area (Å²) in [5.41, 5.74) is 5.79. The van der Waals surface area contributed by atoms with E-state index in [1.54, 1.807) is 6.07 Å². The number of nitrogens with two attached hydrogens (primary N) is 1. The standard InChI is InChI=1S/C6H4Br2FN/c7-3-1-4(8)6(10)2-5(3)9/h1-2H,10H2. The second-order valence-corrected chi connectivity index (χ2v) is 3.50. The number of hydrogen-bond donors (Lipinski definition) is 1. The lowest BCUT2D eigenvalue weighted by Gasteiger charge is -1.98. The summed E-state index contributed by atoms with van der Waals surface area (Å²) >= 11 is 6.18. The van der Waals surface area contributed by atoms with E-state index < -0.39 is 0 Å². The van der Waals surface area contributed by atoms with Gasteiger partial charge < -0.3 is 5.73 Å². The molecular formula is C6H4Br2FN. The molecule has 0 unspecified atom stereocenters. The Morgan fingerprint density at radius 3 is 2.30 bits per heavy atom. The molecule has 1 rings (SSSR count). The molecular weight excluding hydrogens is 265 g/mol. The molecule has 0 saturated heterocycles. The molecule has 0 bridgehead atoms.